The number of benzene rings is 1. The second-order valence-corrected chi connectivity index (χ2v) is 4.15. The normalized spacial score (nSPS) is 10.4. The lowest BCUT2D eigenvalue weighted by Crippen LogP contribution is -2.06. The average molecular weight is 246 g/mol. The first kappa shape index (κ1) is 12.5. The highest BCUT2D eigenvalue weighted by Crippen LogP contribution is 2.17. The molecule has 1 aromatic carbocycles. The Kier molecular flexibility index (Phi) is 3.55. The summed E-state index contributed by atoms with van der Waals surface area (Å²) in [4.78, 5) is 8.78. The van der Waals surface area contributed by atoms with Crippen LogP contribution in [0, 0.1) is 26.6 Å². The first-order chi connectivity index (χ1) is 8.58. The van der Waals surface area contributed by atoms with Crippen LogP contribution in [-0.2, 0) is 6.61 Å². The van der Waals surface area contributed by atoms with Gasteiger partial charge in [-0.3, -0.25) is 9.97 Å². The molecule has 0 aliphatic rings. The molecular weight excluding hydrogens is 231 g/mol. The number of hydrogen-bond acceptors (Lipinski definition) is 3. The maximum absolute atomic E-state index is 13.4. The molecule has 0 radical (unpaired) electrons. The van der Waals surface area contributed by atoms with Crippen molar-refractivity contribution in [3.63, 3.8) is 0 Å². The van der Waals surface area contributed by atoms with Gasteiger partial charge in [0.15, 0.2) is 11.6 Å². The van der Waals surface area contributed by atoms with E-state index in [2.05, 4.69) is 9.97 Å². The number of aromatic nitrogens is 2. The van der Waals surface area contributed by atoms with E-state index in [9.17, 15) is 4.39 Å². The van der Waals surface area contributed by atoms with Crippen molar-refractivity contribution in [3.05, 3.63) is 52.9 Å². The van der Waals surface area contributed by atoms with Crippen molar-refractivity contribution in [2.45, 2.75) is 27.4 Å². The van der Waals surface area contributed by atoms with Gasteiger partial charge in [0.05, 0.1) is 22.8 Å². The fourth-order valence-electron chi connectivity index (χ4n) is 1.61. The summed E-state index contributed by atoms with van der Waals surface area (Å²) in [5.74, 6) is -0.135. The maximum atomic E-state index is 13.4. The van der Waals surface area contributed by atoms with Crippen LogP contribution in [0.25, 0.3) is 0 Å². The molecule has 3 nitrogen and oxygen atoms in total. The molecule has 0 saturated carbocycles. The van der Waals surface area contributed by atoms with Crippen molar-refractivity contribution < 1.29 is 9.13 Å². The van der Waals surface area contributed by atoms with Crippen molar-refractivity contribution >= 4 is 0 Å². The van der Waals surface area contributed by atoms with Gasteiger partial charge in [0.25, 0.3) is 0 Å². The van der Waals surface area contributed by atoms with E-state index < -0.39 is 0 Å². The van der Waals surface area contributed by atoms with E-state index in [-0.39, 0.29) is 18.2 Å². The molecular formula is C14H15FN2O. The van der Waals surface area contributed by atoms with Gasteiger partial charge in [0.2, 0.25) is 0 Å². The SMILES string of the molecule is Cc1nc(C)c(COc2ccccc2F)nc1C. The average Bonchev–Trinajstić information content (AvgIpc) is 2.34. The summed E-state index contributed by atoms with van der Waals surface area (Å²) < 4.78 is 18.8. The highest BCUT2D eigenvalue weighted by molar-refractivity contribution is 5.24. The van der Waals surface area contributed by atoms with Crippen LogP contribution >= 0.6 is 0 Å². The Bertz CT molecular complexity index is 570. The lowest BCUT2D eigenvalue weighted by Gasteiger charge is -2.10. The number of aryl methyl sites for hydroxylation is 3. The molecule has 0 amide bonds. The quantitative estimate of drug-likeness (QED) is 0.834. The number of hydrogen-bond donors (Lipinski definition) is 0. The van der Waals surface area contributed by atoms with Gasteiger partial charge in [0.1, 0.15) is 6.61 Å². The van der Waals surface area contributed by atoms with Gasteiger partial charge < -0.3 is 4.74 Å². The predicted octanol–water partition coefficient (Wildman–Crippen LogP) is 3.12. The summed E-state index contributed by atoms with van der Waals surface area (Å²) in [6, 6.07) is 6.33. The molecule has 2 aromatic rings. The van der Waals surface area contributed by atoms with Gasteiger partial charge in [-0.15, -0.1) is 0 Å². The number of para-hydroxylation sites is 1. The van der Waals surface area contributed by atoms with E-state index in [4.69, 9.17) is 4.74 Å². The number of nitrogens with zero attached hydrogens (tertiary/aromatic N) is 2. The monoisotopic (exact) mass is 246 g/mol. The van der Waals surface area contributed by atoms with Crippen molar-refractivity contribution in [2.24, 2.45) is 0 Å². The smallest absolute Gasteiger partial charge is 0.165 e. The third kappa shape index (κ3) is 2.64. The molecule has 0 unspecified atom stereocenters. The zero-order valence-electron chi connectivity index (χ0n) is 10.7. The summed E-state index contributed by atoms with van der Waals surface area (Å²) >= 11 is 0. The fourth-order valence-corrected chi connectivity index (χ4v) is 1.61. The zero-order valence-corrected chi connectivity index (χ0v) is 10.7. The first-order valence-electron chi connectivity index (χ1n) is 5.76. The van der Waals surface area contributed by atoms with Crippen molar-refractivity contribution in [2.75, 3.05) is 0 Å². The largest absolute Gasteiger partial charge is 0.484 e. The van der Waals surface area contributed by atoms with Crippen LogP contribution in [0.2, 0.25) is 0 Å². The lowest BCUT2D eigenvalue weighted by atomic mass is 10.2. The number of halogens is 1. The molecule has 0 aliphatic heterocycles. The van der Waals surface area contributed by atoms with Gasteiger partial charge in [-0.05, 0) is 32.9 Å². The Hall–Kier alpha value is -1.97. The maximum Gasteiger partial charge on any atom is 0.165 e. The van der Waals surface area contributed by atoms with Gasteiger partial charge in [-0.25, -0.2) is 4.39 Å². The summed E-state index contributed by atoms with van der Waals surface area (Å²) in [6.07, 6.45) is 0. The van der Waals surface area contributed by atoms with Crippen LogP contribution in [0.5, 0.6) is 5.75 Å². The minimum atomic E-state index is -0.369. The molecule has 0 spiro atoms. The summed E-state index contributed by atoms with van der Waals surface area (Å²) in [6.45, 7) is 5.91. The molecule has 94 valence electrons. The van der Waals surface area contributed by atoms with Gasteiger partial charge in [-0.2, -0.15) is 0 Å². The van der Waals surface area contributed by atoms with Crippen LogP contribution in [-0.4, -0.2) is 9.97 Å². The Morgan fingerprint density at radius 3 is 2.39 bits per heavy atom. The van der Waals surface area contributed by atoms with Crippen LogP contribution in [0.1, 0.15) is 22.8 Å². The molecule has 0 saturated heterocycles. The van der Waals surface area contributed by atoms with E-state index in [0.29, 0.717) is 0 Å². The minimum Gasteiger partial charge on any atom is -0.484 e. The summed E-state index contributed by atoms with van der Waals surface area (Å²) in [7, 11) is 0. The van der Waals surface area contributed by atoms with E-state index in [1.807, 2.05) is 20.8 Å². The van der Waals surface area contributed by atoms with E-state index >= 15 is 0 Å². The Morgan fingerprint density at radius 1 is 1.00 bits per heavy atom. The molecule has 0 fully saturated rings. The van der Waals surface area contributed by atoms with Crippen molar-refractivity contribution in [3.8, 4) is 5.75 Å². The van der Waals surface area contributed by atoms with Gasteiger partial charge >= 0.3 is 0 Å². The molecule has 0 N–H and O–H groups in total. The van der Waals surface area contributed by atoms with E-state index in [0.717, 1.165) is 22.8 Å². The third-order valence-electron chi connectivity index (χ3n) is 2.78. The second-order valence-electron chi connectivity index (χ2n) is 4.15. The Morgan fingerprint density at radius 2 is 1.67 bits per heavy atom. The second kappa shape index (κ2) is 5.12. The molecule has 18 heavy (non-hydrogen) atoms. The highest BCUT2D eigenvalue weighted by atomic mass is 19.1. The van der Waals surface area contributed by atoms with Crippen molar-refractivity contribution in [1.82, 2.24) is 9.97 Å². The summed E-state index contributed by atoms with van der Waals surface area (Å²) in [5.41, 5.74) is 3.32. The minimum absolute atomic E-state index is 0.223. The molecule has 4 heteroatoms. The first-order valence-corrected chi connectivity index (χ1v) is 5.76. The van der Waals surface area contributed by atoms with E-state index in [1.165, 1.54) is 6.07 Å². The zero-order chi connectivity index (χ0) is 13.1. The van der Waals surface area contributed by atoms with Crippen LogP contribution < -0.4 is 4.74 Å². The third-order valence-corrected chi connectivity index (χ3v) is 2.78. The van der Waals surface area contributed by atoms with Crippen molar-refractivity contribution in [1.29, 1.82) is 0 Å². The topological polar surface area (TPSA) is 35.0 Å². The Labute approximate surface area is 106 Å². The standard InChI is InChI=1S/C14H15FN2O/c1-9-10(2)17-13(11(3)16-9)8-18-14-7-5-4-6-12(14)15/h4-7H,8H2,1-3H3. The van der Waals surface area contributed by atoms with Crippen LogP contribution in [0.4, 0.5) is 4.39 Å². The lowest BCUT2D eigenvalue weighted by molar-refractivity contribution is 0.284. The number of ether oxygens (including phenoxy) is 1. The highest BCUT2D eigenvalue weighted by Gasteiger charge is 2.07. The van der Waals surface area contributed by atoms with E-state index in [1.54, 1.807) is 18.2 Å². The van der Waals surface area contributed by atoms with Crippen LogP contribution in [0.3, 0.4) is 0 Å². The molecule has 0 aliphatic carbocycles. The number of rotatable bonds is 3. The molecule has 0 bridgehead atoms. The van der Waals surface area contributed by atoms with Crippen LogP contribution in [0.15, 0.2) is 24.3 Å². The molecule has 1 aromatic heterocycles. The molecule has 1 heterocycles. The molecule has 2 rings (SSSR count). The fraction of sp³-hybridized carbons (Fsp3) is 0.286. The van der Waals surface area contributed by atoms with Gasteiger partial charge in [0, 0.05) is 0 Å². The predicted molar refractivity (Wildman–Crippen MR) is 67.0 cm³/mol. The van der Waals surface area contributed by atoms with Gasteiger partial charge in [-0.1, -0.05) is 12.1 Å². The molecule has 0 atom stereocenters. The Balaban J connectivity index is 2.16. The summed E-state index contributed by atoms with van der Waals surface area (Å²) in [5, 5.41) is 0.